The molecule has 1 saturated carbocycles. The second-order valence-electron chi connectivity index (χ2n) is 5.73. The van der Waals surface area contributed by atoms with Crippen LogP contribution in [-0.4, -0.2) is 47.2 Å². The SMILES string of the molecule is N#CC1(C(=O)N2C3CCC2CN(C=N)C3)CCC1. The zero-order chi connectivity index (χ0) is 12.8. The summed E-state index contributed by atoms with van der Waals surface area (Å²) < 4.78 is 0. The van der Waals surface area contributed by atoms with Gasteiger partial charge in [-0.2, -0.15) is 5.26 Å². The van der Waals surface area contributed by atoms with Crippen LogP contribution in [0.15, 0.2) is 0 Å². The number of nitrogens with zero attached hydrogens (tertiary/aromatic N) is 3. The molecule has 2 aliphatic heterocycles. The maximum absolute atomic E-state index is 12.6. The molecular formula is C13H18N4O. The molecule has 0 spiro atoms. The number of rotatable bonds is 2. The first-order valence-electron chi connectivity index (χ1n) is 6.69. The van der Waals surface area contributed by atoms with Crippen LogP contribution in [0.2, 0.25) is 0 Å². The highest BCUT2D eigenvalue weighted by atomic mass is 16.2. The summed E-state index contributed by atoms with van der Waals surface area (Å²) in [5, 5.41) is 16.6. The summed E-state index contributed by atoms with van der Waals surface area (Å²) in [5.41, 5.74) is -0.715. The second-order valence-corrected chi connectivity index (χ2v) is 5.73. The van der Waals surface area contributed by atoms with E-state index in [0.717, 1.165) is 45.2 Å². The Labute approximate surface area is 107 Å². The lowest BCUT2D eigenvalue weighted by Crippen LogP contribution is -2.59. The van der Waals surface area contributed by atoms with Gasteiger partial charge in [-0.05, 0) is 32.1 Å². The Morgan fingerprint density at radius 3 is 2.33 bits per heavy atom. The summed E-state index contributed by atoms with van der Waals surface area (Å²) in [7, 11) is 0. The molecule has 3 rings (SSSR count). The van der Waals surface area contributed by atoms with E-state index in [2.05, 4.69) is 6.07 Å². The van der Waals surface area contributed by atoms with E-state index in [1.807, 2.05) is 9.80 Å². The number of piperazine rings is 1. The minimum Gasteiger partial charge on any atom is -0.359 e. The smallest absolute Gasteiger partial charge is 0.243 e. The topological polar surface area (TPSA) is 71.2 Å². The molecule has 2 unspecified atom stereocenters. The molecule has 0 aromatic heterocycles. The quantitative estimate of drug-likeness (QED) is 0.583. The Balaban J connectivity index is 1.80. The number of hydrogen-bond donors (Lipinski definition) is 1. The molecule has 1 amide bonds. The van der Waals surface area contributed by atoms with Crippen LogP contribution in [0.5, 0.6) is 0 Å². The molecule has 5 nitrogen and oxygen atoms in total. The van der Waals surface area contributed by atoms with Gasteiger partial charge in [0.15, 0.2) is 0 Å². The van der Waals surface area contributed by atoms with E-state index in [1.165, 1.54) is 6.34 Å². The Kier molecular flexibility index (Phi) is 2.54. The molecule has 2 heterocycles. The first kappa shape index (κ1) is 11.5. The third-order valence-electron chi connectivity index (χ3n) is 4.76. The van der Waals surface area contributed by atoms with Crippen molar-refractivity contribution in [1.82, 2.24) is 9.80 Å². The van der Waals surface area contributed by atoms with Crippen molar-refractivity contribution in [3.05, 3.63) is 0 Å². The Hall–Kier alpha value is -1.57. The summed E-state index contributed by atoms with van der Waals surface area (Å²) in [6, 6.07) is 2.68. The van der Waals surface area contributed by atoms with E-state index in [9.17, 15) is 10.1 Å². The lowest BCUT2D eigenvalue weighted by molar-refractivity contribution is -0.148. The van der Waals surface area contributed by atoms with Crippen molar-refractivity contribution < 1.29 is 4.79 Å². The summed E-state index contributed by atoms with van der Waals surface area (Å²) in [6.07, 6.45) is 5.86. The van der Waals surface area contributed by atoms with Gasteiger partial charge in [-0.1, -0.05) is 0 Å². The van der Waals surface area contributed by atoms with E-state index in [4.69, 9.17) is 5.41 Å². The Bertz CT molecular complexity index is 409. The number of fused-ring (bicyclic) bond motifs is 2. The van der Waals surface area contributed by atoms with Crippen LogP contribution in [0.1, 0.15) is 32.1 Å². The summed E-state index contributed by atoms with van der Waals surface area (Å²) >= 11 is 0. The number of carbonyl (C=O) groups is 1. The van der Waals surface area contributed by atoms with Crippen LogP contribution in [-0.2, 0) is 4.79 Å². The lowest BCUT2D eigenvalue weighted by atomic mass is 9.68. The zero-order valence-corrected chi connectivity index (χ0v) is 10.4. The molecule has 3 fully saturated rings. The number of hydrogen-bond acceptors (Lipinski definition) is 3. The van der Waals surface area contributed by atoms with Crippen molar-refractivity contribution in [2.75, 3.05) is 13.1 Å². The van der Waals surface area contributed by atoms with E-state index in [0.29, 0.717) is 0 Å². The standard InChI is InChI=1S/C13H18N4O/c14-8-13(4-1-5-13)12(18)17-10-2-3-11(17)7-16(6-10)9-15/h9-11,15H,1-7H2. The number of likely N-dealkylation sites (tertiary alicyclic amines) is 1. The summed E-state index contributed by atoms with van der Waals surface area (Å²) in [4.78, 5) is 16.6. The molecule has 0 radical (unpaired) electrons. The van der Waals surface area contributed by atoms with Crippen molar-refractivity contribution in [2.45, 2.75) is 44.2 Å². The van der Waals surface area contributed by atoms with Gasteiger partial charge in [-0.15, -0.1) is 0 Å². The lowest BCUT2D eigenvalue weighted by Gasteiger charge is -2.45. The van der Waals surface area contributed by atoms with Gasteiger partial charge in [0, 0.05) is 25.2 Å². The second kappa shape index (κ2) is 3.98. The van der Waals surface area contributed by atoms with Gasteiger partial charge in [-0.3, -0.25) is 10.2 Å². The van der Waals surface area contributed by atoms with Crippen LogP contribution >= 0.6 is 0 Å². The number of nitriles is 1. The van der Waals surface area contributed by atoms with Crippen molar-refractivity contribution in [3.8, 4) is 6.07 Å². The van der Waals surface area contributed by atoms with Gasteiger partial charge in [0.2, 0.25) is 5.91 Å². The van der Waals surface area contributed by atoms with Crippen LogP contribution < -0.4 is 0 Å². The molecule has 3 aliphatic rings. The molecule has 1 N–H and O–H groups in total. The Morgan fingerprint density at radius 1 is 1.33 bits per heavy atom. The fourth-order valence-corrected chi connectivity index (χ4v) is 3.52. The van der Waals surface area contributed by atoms with Gasteiger partial charge < -0.3 is 9.80 Å². The van der Waals surface area contributed by atoms with Gasteiger partial charge >= 0.3 is 0 Å². The van der Waals surface area contributed by atoms with Crippen molar-refractivity contribution in [3.63, 3.8) is 0 Å². The zero-order valence-electron chi connectivity index (χ0n) is 10.4. The molecule has 1 aliphatic carbocycles. The van der Waals surface area contributed by atoms with E-state index >= 15 is 0 Å². The molecule has 0 aromatic rings. The molecule has 2 bridgehead atoms. The molecular weight excluding hydrogens is 228 g/mol. The molecule has 5 heteroatoms. The minimum absolute atomic E-state index is 0.0633. The third-order valence-corrected chi connectivity index (χ3v) is 4.76. The first-order valence-corrected chi connectivity index (χ1v) is 6.69. The largest absolute Gasteiger partial charge is 0.359 e. The summed E-state index contributed by atoms with van der Waals surface area (Å²) in [5.74, 6) is 0.0633. The number of amides is 1. The maximum atomic E-state index is 12.6. The van der Waals surface area contributed by atoms with Crippen molar-refractivity contribution in [1.29, 1.82) is 10.7 Å². The fourth-order valence-electron chi connectivity index (χ4n) is 3.52. The number of nitrogens with one attached hydrogen (secondary N) is 1. The van der Waals surface area contributed by atoms with Crippen LogP contribution in [0.3, 0.4) is 0 Å². The number of carbonyl (C=O) groups excluding carboxylic acids is 1. The highest BCUT2D eigenvalue weighted by molar-refractivity contribution is 5.87. The van der Waals surface area contributed by atoms with Gasteiger partial charge in [-0.25, -0.2) is 0 Å². The van der Waals surface area contributed by atoms with E-state index in [-0.39, 0.29) is 18.0 Å². The predicted molar refractivity (Wildman–Crippen MR) is 65.9 cm³/mol. The first-order chi connectivity index (χ1) is 8.70. The van der Waals surface area contributed by atoms with Gasteiger partial charge in [0.25, 0.3) is 0 Å². The van der Waals surface area contributed by atoms with Crippen LogP contribution in [0, 0.1) is 22.2 Å². The minimum atomic E-state index is -0.715. The van der Waals surface area contributed by atoms with Crippen LogP contribution in [0.25, 0.3) is 0 Å². The third kappa shape index (κ3) is 1.45. The van der Waals surface area contributed by atoms with E-state index in [1.54, 1.807) is 0 Å². The molecule has 2 atom stereocenters. The average Bonchev–Trinajstić information content (AvgIpc) is 2.59. The Morgan fingerprint density at radius 2 is 1.94 bits per heavy atom. The van der Waals surface area contributed by atoms with Crippen molar-refractivity contribution >= 4 is 12.2 Å². The van der Waals surface area contributed by atoms with Gasteiger partial charge in [0.05, 0.1) is 12.4 Å². The highest BCUT2D eigenvalue weighted by Gasteiger charge is 2.52. The summed E-state index contributed by atoms with van der Waals surface area (Å²) in [6.45, 7) is 1.51. The molecule has 18 heavy (non-hydrogen) atoms. The highest BCUT2D eigenvalue weighted by Crippen LogP contribution is 2.44. The van der Waals surface area contributed by atoms with E-state index < -0.39 is 5.41 Å². The van der Waals surface area contributed by atoms with Crippen LogP contribution in [0.4, 0.5) is 0 Å². The maximum Gasteiger partial charge on any atom is 0.243 e. The fraction of sp³-hybridized carbons (Fsp3) is 0.769. The predicted octanol–water partition coefficient (Wildman–Crippen LogP) is 0.963. The molecule has 0 aromatic carbocycles. The monoisotopic (exact) mass is 246 g/mol. The van der Waals surface area contributed by atoms with Gasteiger partial charge in [0.1, 0.15) is 5.41 Å². The van der Waals surface area contributed by atoms with Crippen molar-refractivity contribution in [2.24, 2.45) is 5.41 Å². The average molecular weight is 246 g/mol. The molecule has 2 saturated heterocycles. The molecule has 96 valence electrons. The normalized spacial score (nSPS) is 32.6.